The Bertz CT molecular complexity index is 576. The Kier molecular flexibility index (Phi) is 2.73. The predicted molar refractivity (Wildman–Crippen MR) is 72.2 cm³/mol. The number of aryl methyl sites for hydroxylation is 1. The summed E-state index contributed by atoms with van der Waals surface area (Å²) in [4.78, 5) is 0. The molecule has 2 aromatic rings. The van der Waals surface area contributed by atoms with E-state index < -0.39 is 0 Å². The van der Waals surface area contributed by atoms with E-state index >= 15 is 0 Å². The summed E-state index contributed by atoms with van der Waals surface area (Å²) < 4.78 is 3.41. The van der Waals surface area contributed by atoms with Crippen molar-refractivity contribution in [2.45, 2.75) is 19.5 Å². The first-order valence-electron chi connectivity index (χ1n) is 5.82. The average molecular weight is 295 g/mol. The number of aliphatic hydroxyl groups excluding tert-OH is 1. The molecule has 0 spiro atoms. The molecule has 0 saturated carbocycles. The fourth-order valence-corrected chi connectivity index (χ4v) is 2.94. The summed E-state index contributed by atoms with van der Waals surface area (Å²) in [6.45, 7) is 3.99. The zero-order chi connectivity index (χ0) is 12.0. The number of benzene rings is 1. The van der Waals surface area contributed by atoms with Crippen LogP contribution in [0.25, 0.3) is 10.9 Å². The van der Waals surface area contributed by atoms with Crippen LogP contribution in [-0.2, 0) is 6.54 Å². The van der Waals surface area contributed by atoms with Gasteiger partial charge < -0.3 is 15.0 Å². The molecule has 90 valence electrons. The molecular formula is C13H15BrN2O. The van der Waals surface area contributed by atoms with Crippen LogP contribution in [0.2, 0.25) is 0 Å². The van der Waals surface area contributed by atoms with E-state index in [0.717, 1.165) is 17.6 Å². The van der Waals surface area contributed by atoms with Crippen LogP contribution in [0.5, 0.6) is 0 Å². The van der Waals surface area contributed by atoms with E-state index in [1.165, 1.54) is 22.2 Å². The number of hydrogen-bond acceptors (Lipinski definition) is 2. The van der Waals surface area contributed by atoms with Crippen molar-refractivity contribution in [3.05, 3.63) is 33.9 Å². The van der Waals surface area contributed by atoms with Crippen molar-refractivity contribution in [3.63, 3.8) is 0 Å². The van der Waals surface area contributed by atoms with Gasteiger partial charge in [-0.2, -0.15) is 0 Å². The summed E-state index contributed by atoms with van der Waals surface area (Å²) in [6.07, 6.45) is 0. The van der Waals surface area contributed by atoms with E-state index in [-0.39, 0.29) is 12.6 Å². The first kappa shape index (κ1) is 11.3. The minimum absolute atomic E-state index is 0.150. The van der Waals surface area contributed by atoms with Crippen LogP contribution in [0.3, 0.4) is 0 Å². The second kappa shape index (κ2) is 4.12. The second-order valence-electron chi connectivity index (χ2n) is 4.63. The maximum atomic E-state index is 9.47. The largest absolute Gasteiger partial charge is 0.394 e. The van der Waals surface area contributed by atoms with Crippen molar-refractivity contribution >= 4 is 26.8 Å². The Hall–Kier alpha value is -0.840. The third-order valence-corrected chi connectivity index (χ3v) is 4.32. The van der Waals surface area contributed by atoms with Gasteiger partial charge in [0.15, 0.2) is 0 Å². The third kappa shape index (κ3) is 1.71. The molecular weight excluding hydrogens is 280 g/mol. The van der Waals surface area contributed by atoms with E-state index in [1.54, 1.807) is 0 Å². The summed E-state index contributed by atoms with van der Waals surface area (Å²) in [6, 6.07) is 6.70. The number of aliphatic hydroxyl groups is 1. The summed E-state index contributed by atoms with van der Waals surface area (Å²) in [5.74, 6) is 0. The molecule has 2 N–H and O–H groups in total. The summed E-state index contributed by atoms with van der Waals surface area (Å²) in [5.41, 5.74) is 3.71. The standard InChI is InChI=1S/C13H15BrN2O/c1-8-2-13-9(4-12(8)14)3-10-5-15-6-11(7-17)16(10)13/h2-4,11,15,17H,5-7H2,1H3. The monoisotopic (exact) mass is 294 g/mol. The van der Waals surface area contributed by atoms with E-state index in [1.807, 2.05) is 0 Å². The first-order valence-corrected chi connectivity index (χ1v) is 6.61. The number of fused-ring (bicyclic) bond motifs is 3. The Morgan fingerprint density at radius 2 is 2.29 bits per heavy atom. The van der Waals surface area contributed by atoms with Crippen molar-refractivity contribution in [2.24, 2.45) is 0 Å². The lowest BCUT2D eigenvalue weighted by Gasteiger charge is -2.26. The zero-order valence-electron chi connectivity index (χ0n) is 9.70. The molecule has 3 rings (SSSR count). The number of rotatable bonds is 1. The number of nitrogens with one attached hydrogen (secondary N) is 1. The van der Waals surface area contributed by atoms with Crippen molar-refractivity contribution < 1.29 is 5.11 Å². The molecule has 2 heterocycles. The molecule has 4 heteroatoms. The second-order valence-corrected chi connectivity index (χ2v) is 5.49. The van der Waals surface area contributed by atoms with Gasteiger partial charge in [-0.15, -0.1) is 0 Å². The van der Waals surface area contributed by atoms with Gasteiger partial charge in [0, 0.05) is 34.2 Å². The van der Waals surface area contributed by atoms with Gasteiger partial charge in [-0.05, 0) is 30.7 Å². The van der Waals surface area contributed by atoms with Gasteiger partial charge in [-0.3, -0.25) is 0 Å². The summed E-state index contributed by atoms with van der Waals surface area (Å²) in [7, 11) is 0. The summed E-state index contributed by atoms with van der Waals surface area (Å²) in [5, 5.41) is 14.0. The number of halogens is 1. The van der Waals surface area contributed by atoms with Crippen LogP contribution in [0, 0.1) is 6.92 Å². The molecule has 1 aromatic heterocycles. The van der Waals surface area contributed by atoms with Gasteiger partial charge in [0.25, 0.3) is 0 Å². The highest BCUT2D eigenvalue weighted by molar-refractivity contribution is 9.10. The van der Waals surface area contributed by atoms with Crippen LogP contribution in [-0.4, -0.2) is 22.8 Å². The molecule has 0 amide bonds. The van der Waals surface area contributed by atoms with Crippen molar-refractivity contribution in [2.75, 3.05) is 13.2 Å². The molecule has 1 aliphatic rings. The Balaban J connectivity index is 2.29. The molecule has 0 aliphatic carbocycles. The maximum absolute atomic E-state index is 9.47. The highest BCUT2D eigenvalue weighted by Gasteiger charge is 2.21. The lowest BCUT2D eigenvalue weighted by molar-refractivity contribution is 0.215. The molecule has 17 heavy (non-hydrogen) atoms. The van der Waals surface area contributed by atoms with E-state index in [9.17, 15) is 5.11 Å². The SMILES string of the molecule is Cc1cc2c(cc1Br)cc1n2C(CO)CNC1. The van der Waals surface area contributed by atoms with Gasteiger partial charge in [-0.25, -0.2) is 0 Å². The van der Waals surface area contributed by atoms with Crippen LogP contribution >= 0.6 is 15.9 Å². The molecule has 1 aromatic carbocycles. The molecule has 0 fully saturated rings. The Labute approximate surface area is 109 Å². The number of aromatic nitrogens is 1. The Morgan fingerprint density at radius 3 is 3.06 bits per heavy atom. The highest BCUT2D eigenvalue weighted by atomic mass is 79.9. The lowest BCUT2D eigenvalue weighted by atomic mass is 10.2. The van der Waals surface area contributed by atoms with Crippen LogP contribution in [0.1, 0.15) is 17.3 Å². The van der Waals surface area contributed by atoms with Crippen LogP contribution in [0.4, 0.5) is 0 Å². The van der Waals surface area contributed by atoms with E-state index in [2.05, 4.69) is 50.9 Å². The van der Waals surface area contributed by atoms with Crippen molar-refractivity contribution in [3.8, 4) is 0 Å². The van der Waals surface area contributed by atoms with Gasteiger partial charge >= 0.3 is 0 Å². The van der Waals surface area contributed by atoms with Crippen molar-refractivity contribution in [1.82, 2.24) is 9.88 Å². The van der Waals surface area contributed by atoms with Gasteiger partial charge in [0.1, 0.15) is 0 Å². The first-order chi connectivity index (χ1) is 8.20. The Morgan fingerprint density at radius 1 is 1.47 bits per heavy atom. The third-order valence-electron chi connectivity index (χ3n) is 3.46. The van der Waals surface area contributed by atoms with E-state index in [4.69, 9.17) is 0 Å². The fraction of sp³-hybridized carbons (Fsp3) is 0.385. The lowest BCUT2D eigenvalue weighted by Crippen LogP contribution is -2.34. The molecule has 3 nitrogen and oxygen atoms in total. The molecule has 1 aliphatic heterocycles. The van der Waals surface area contributed by atoms with Crippen LogP contribution < -0.4 is 5.32 Å². The average Bonchev–Trinajstić information content (AvgIpc) is 2.67. The number of nitrogens with zero attached hydrogens (tertiary/aromatic N) is 1. The highest BCUT2D eigenvalue weighted by Crippen LogP contribution is 2.30. The van der Waals surface area contributed by atoms with Gasteiger partial charge in [-0.1, -0.05) is 15.9 Å². The molecule has 0 bridgehead atoms. The minimum Gasteiger partial charge on any atom is -0.394 e. The smallest absolute Gasteiger partial charge is 0.0695 e. The molecule has 0 radical (unpaired) electrons. The normalized spacial score (nSPS) is 19.6. The van der Waals surface area contributed by atoms with E-state index in [0.29, 0.717) is 0 Å². The fourth-order valence-electron chi connectivity index (χ4n) is 2.58. The summed E-state index contributed by atoms with van der Waals surface area (Å²) >= 11 is 3.57. The maximum Gasteiger partial charge on any atom is 0.0695 e. The van der Waals surface area contributed by atoms with Crippen LogP contribution in [0.15, 0.2) is 22.7 Å². The zero-order valence-corrected chi connectivity index (χ0v) is 11.3. The topological polar surface area (TPSA) is 37.2 Å². The molecule has 1 unspecified atom stereocenters. The number of hydrogen-bond donors (Lipinski definition) is 2. The quantitative estimate of drug-likeness (QED) is 0.847. The minimum atomic E-state index is 0.150. The molecule has 0 saturated heterocycles. The van der Waals surface area contributed by atoms with Gasteiger partial charge in [0.05, 0.1) is 12.6 Å². The molecule has 1 atom stereocenters. The van der Waals surface area contributed by atoms with Crippen molar-refractivity contribution in [1.29, 1.82) is 0 Å². The van der Waals surface area contributed by atoms with Gasteiger partial charge in [0.2, 0.25) is 0 Å². The predicted octanol–water partition coefficient (Wildman–Crippen LogP) is 2.35.